The summed E-state index contributed by atoms with van der Waals surface area (Å²) in [6, 6.07) is 0.132. The number of carbonyl (C=O) groups is 2. The average molecular weight is 1600 g/mol. The van der Waals surface area contributed by atoms with Gasteiger partial charge in [0.1, 0.15) is 0 Å². The number of piperidine rings is 4. The van der Waals surface area contributed by atoms with Gasteiger partial charge in [0.15, 0.2) is 0 Å². The van der Waals surface area contributed by atoms with E-state index in [2.05, 4.69) is 250 Å². The Morgan fingerprint density at radius 3 is 0.827 bits per heavy atom. The highest BCUT2D eigenvalue weighted by Gasteiger charge is 2.34. The summed E-state index contributed by atoms with van der Waals surface area (Å²) in [5, 5.41) is 0. The van der Waals surface area contributed by atoms with Crippen molar-refractivity contribution in [2.45, 2.75) is 367 Å². The Morgan fingerprint density at radius 1 is 0.355 bits per heavy atom. The molecule has 22 heteroatoms. The van der Waals surface area contributed by atoms with Gasteiger partial charge in [0.2, 0.25) is 31.9 Å². The van der Waals surface area contributed by atoms with Crippen LogP contribution in [-0.4, -0.2) is 348 Å². The Labute approximate surface area is 684 Å². The van der Waals surface area contributed by atoms with Gasteiger partial charge in [-0.3, -0.25) is 48.8 Å². The lowest BCUT2D eigenvalue weighted by atomic mass is 10.0. The van der Waals surface area contributed by atoms with Gasteiger partial charge in [-0.2, -0.15) is 8.61 Å². The lowest BCUT2D eigenvalue weighted by Gasteiger charge is -2.42. The van der Waals surface area contributed by atoms with Crippen LogP contribution in [0.3, 0.4) is 0 Å². The van der Waals surface area contributed by atoms with E-state index >= 15 is 0 Å². The van der Waals surface area contributed by atoms with Crippen molar-refractivity contribution < 1.29 is 26.4 Å². The van der Waals surface area contributed by atoms with Gasteiger partial charge >= 0.3 is 0 Å². The number of nitrogens with zero attached hydrogens (tertiary/aromatic N) is 14. The molecular formula is C88H186N14O6S2. The molecule has 2 amide bonds. The predicted molar refractivity (Wildman–Crippen MR) is 475 cm³/mol. The van der Waals surface area contributed by atoms with Gasteiger partial charge in [-0.15, -0.1) is 0 Å². The molecule has 10 fully saturated rings. The molecule has 0 aromatic heterocycles. The minimum Gasteiger partial charge on any atom is -0.340 e. The first-order valence-electron chi connectivity index (χ1n) is 44.1. The topological polar surface area (TPSA) is 148 Å². The molecule has 10 aliphatic heterocycles. The van der Waals surface area contributed by atoms with Crippen molar-refractivity contribution in [1.82, 2.24) is 67.4 Å². The summed E-state index contributed by atoms with van der Waals surface area (Å²) in [5.74, 6) is 0.864. The van der Waals surface area contributed by atoms with Crippen LogP contribution in [0.4, 0.5) is 0 Å². The van der Waals surface area contributed by atoms with Crippen molar-refractivity contribution in [3.05, 3.63) is 0 Å². The predicted octanol–water partition coefficient (Wildman–Crippen LogP) is 14.7. The van der Waals surface area contributed by atoms with E-state index in [0.717, 1.165) is 65.1 Å². The summed E-state index contributed by atoms with van der Waals surface area (Å²) >= 11 is 0. The molecular weight excluding hydrogens is 1410 g/mol. The van der Waals surface area contributed by atoms with E-state index in [1.54, 1.807) is 15.5 Å². The van der Waals surface area contributed by atoms with E-state index < -0.39 is 20.0 Å². The number of rotatable bonds is 3. The molecule has 0 bridgehead atoms. The number of carbonyl (C=O) groups excluding carboxylic acids is 2. The molecule has 10 aliphatic rings. The molecule has 0 spiro atoms. The van der Waals surface area contributed by atoms with Gasteiger partial charge in [-0.05, 0) is 337 Å². The summed E-state index contributed by atoms with van der Waals surface area (Å²) in [6.07, 6.45) is 20.6. The van der Waals surface area contributed by atoms with Crippen molar-refractivity contribution in [1.29, 1.82) is 0 Å². The van der Waals surface area contributed by atoms with E-state index in [0.29, 0.717) is 64.5 Å². The standard InChI is InChI=1S/C10H20N2O.C10H22N2.C9H20N2O2S.C9H20N2.C9H17NO.3C9H19N.C8H17N.C6H13NO2S/c1-9(13)11-5-7-12(8-6-11)10(2,3)4;1-5-11-6-8-12(9-7-11)10(2,3)4;1-9(2,3)10-5-7-11(8-6-10)14(4,12)13;1-9(2,3)11-7-5-10(4)6-8-11;1-9(2,3)10-7-5-4-6-8(10)11;3*1-9(2,3)10-7-5-4-6-8-10;1-8(2,3)9-6-4-5-7-9;1-6(2)7-4-3-5-10(7,8)9/h5-8H2,1-4H3;5-9H2,1-4H3;5-8H2,1-4H3;5-8H2,1-4H3;4-7H2,1-3H3;3*4-8H2,1-3H3;4-7H2,1-3H3;6H,3-5H2,1-2H3. The number of piperazine rings is 4. The molecule has 0 N–H and O–H groups in total. The Kier molecular flexibility index (Phi) is 46.8. The number of sulfonamides is 2. The quantitative estimate of drug-likeness (QED) is 0.264. The fourth-order valence-corrected chi connectivity index (χ4v) is 18.0. The smallest absolute Gasteiger partial charge is 0.222 e. The van der Waals surface area contributed by atoms with Crippen molar-refractivity contribution in [2.75, 3.05) is 196 Å². The minimum absolute atomic E-state index is 0.0253. The molecule has 0 unspecified atom stereocenters. The Morgan fingerprint density at radius 2 is 0.618 bits per heavy atom. The SMILES string of the molecule is CC(=O)N1CCN(C(C)(C)C)CC1.CC(C)(C)N1CCCC1.CC(C)(C)N1CCCCC1.CC(C)(C)N1CCCCC1.CC(C)(C)N1CCCCC1.CC(C)(C)N1CCCCC1=O.CC(C)(C)N1CCN(S(C)(=O)=O)CC1.CC(C)N1CCCS1(=O)=O.CCN1CCN(C(C)(C)C)CC1.CN1CCN(C(C)(C)C)CC1. The molecule has 0 radical (unpaired) electrons. The summed E-state index contributed by atoms with van der Waals surface area (Å²) in [5.41, 5.74) is 2.75. The maximum Gasteiger partial charge on any atom is 0.222 e. The molecule has 0 aromatic carbocycles. The van der Waals surface area contributed by atoms with Crippen LogP contribution in [0, 0.1) is 0 Å². The third kappa shape index (κ3) is 44.2. The van der Waals surface area contributed by atoms with E-state index in [1.807, 2.05) is 23.6 Å². The van der Waals surface area contributed by atoms with Crippen LogP contribution in [0.2, 0.25) is 0 Å². The lowest BCUT2D eigenvalue weighted by molar-refractivity contribution is -0.138. The molecule has 0 aliphatic carbocycles. The monoisotopic (exact) mass is 1600 g/mol. The summed E-state index contributed by atoms with van der Waals surface area (Å²) in [4.78, 5) is 51.4. The van der Waals surface area contributed by atoms with Crippen molar-refractivity contribution >= 4 is 31.9 Å². The fraction of sp³-hybridized carbons (Fsp3) is 0.977. The first kappa shape index (κ1) is 106. The summed E-state index contributed by atoms with van der Waals surface area (Å²) in [7, 11) is -3.65. The highest BCUT2D eigenvalue weighted by atomic mass is 32.2. The number of likely N-dealkylation sites (N-methyl/N-ethyl adjacent to an activating group) is 2. The molecule has 0 aromatic rings. The minimum atomic E-state index is -2.99. The van der Waals surface area contributed by atoms with Crippen LogP contribution in [0.15, 0.2) is 0 Å². The molecule has 110 heavy (non-hydrogen) atoms. The number of likely N-dealkylation sites (tertiary alicyclic amines) is 5. The van der Waals surface area contributed by atoms with Gasteiger partial charge in [0.05, 0.1) is 12.0 Å². The first-order chi connectivity index (χ1) is 50.1. The van der Waals surface area contributed by atoms with Gasteiger partial charge in [-0.25, -0.2) is 16.8 Å². The third-order valence-corrected chi connectivity index (χ3v) is 26.8. The molecule has 0 saturated carbocycles. The van der Waals surface area contributed by atoms with Gasteiger partial charge in [0, 0.05) is 187 Å². The van der Waals surface area contributed by atoms with Gasteiger partial charge in [0.25, 0.3) is 0 Å². The Balaban J connectivity index is 0.000000612. The van der Waals surface area contributed by atoms with Crippen LogP contribution < -0.4 is 0 Å². The van der Waals surface area contributed by atoms with Gasteiger partial charge < -0.3 is 19.6 Å². The summed E-state index contributed by atoms with van der Waals surface area (Å²) < 4.78 is 47.9. The molecule has 10 saturated heterocycles. The second-order valence-corrected chi connectivity index (χ2v) is 46.1. The van der Waals surface area contributed by atoms with E-state index in [-0.39, 0.29) is 28.6 Å². The van der Waals surface area contributed by atoms with Crippen LogP contribution in [0.1, 0.15) is 311 Å². The van der Waals surface area contributed by atoms with Crippen LogP contribution in [-0.2, 0) is 29.6 Å². The van der Waals surface area contributed by atoms with Crippen molar-refractivity contribution in [3.63, 3.8) is 0 Å². The van der Waals surface area contributed by atoms with E-state index in [9.17, 15) is 26.4 Å². The third-order valence-electron chi connectivity index (χ3n) is 23.4. The molecule has 10 heterocycles. The zero-order valence-electron chi connectivity index (χ0n) is 79.0. The number of amides is 2. The highest BCUT2D eigenvalue weighted by Crippen LogP contribution is 2.26. The van der Waals surface area contributed by atoms with Crippen LogP contribution in [0.5, 0.6) is 0 Å². The van der Waals surface area contributed by atoms with E-state index in [4.69, 9.17) is 0 Å². The second kappa shape index (κ2) is 48.4. The normalized spacial score (nSPS) is 22.8. The molecule has 0 atom stereocenters. The van der Waals surface area contributed by atoms with Crippen molar-refractivity contribution in [2.24, 2.45) is 0 Å². The largest absolute Gasteiger partial charge is 0.340 e. The van der Waals surface area contributed by atoms with Crippen LogP contribution in [0.25, 0.3) is 0 Å². The van der Waals surface area contributed by atoms with E-state index in [1.165, 1.54) is 195 Å². The Bertz CT molecular complexity index is 2610. The van der Waals surface area contributed by atoms with Gasteiger partial charge in [-0.1, -0.05) is 26.2 Å². The second-order valence-electron chi connectivity index (χ2n) is 42.1. The Hall–Kier alpha value is -1.64. The highest BCUT2D eigenvalue weighted by molar-refractivity contribution is 7.89. The molecule has 10 rings (SSSR count). The number of hydrogen-bond acceptors (Lipinski definition) is 16. The summed E-state index contributed by atoms with van der Waals surface area (Å²) in [6.45, 7) is 98.3. The zero-order valence-corrected chi connectivity index (χ0v) is 80.6. The maximum atomic E-state index is 11.4. The maximum absolute atomic E-state index is 11.4. The lowest BCUT2D eigenvalue weighted by Crippen LogP contribution is -2.54. The van der Waals surface area contributed by atoms with Crippen molar-refractivity contribution in [3.8, 4) is 0 Å². The number of hydrogen-bond donors (Lipinski definition) is 0. The average Bonchev–Trinajstić information content (AvgIpc) is 1.10. The van der Waals surface area contributed by atoms with Crippen LogP contribution >= 0.6 is 0 Å². The molecule has 20 nitrogen and oxygen atoms in total. The molecule has 656 valence electrons. The zero-order chi connectivity index (χ0) is 84.7. The first-order valence-corrected chi connectivity index (χ1v) is 47.5. The fourth-order valence-electron chi connectivity index (χ4n) is 15.4.